The fourth-order valence-corrected chi connectivity index (χ4v) is 3.68. The van der Waals surface area contributed by atoms with Gasteiger partial charge in [-0.05, 0) is 67.8 Å². The van der Waals surface area contributed by atoms with E-state index in [0.29, 0.717) is 30.8 Å². The molecule has 4 nitrogen and oxygen atoms in total. The molecule has 1 aliphatic carbocycles. The molecule has 3 rings (SSSR count). The summed E-state index contributed by atoms with van der Waals surface area (Å²) in [7, 11) is 0. The number of anilines is 1. The van der Waals surface area contributed by atoms with Crippen LogP contribution >= 0.6 is 0 Å². The molecule has 2 amide bonds. The van der Waals surface area contributed by atoms with E-state index in [0.717, 1.165) is 25.7 Å². The van der Waals surface area contributed by atoms with E-state index in [-0.39, 0.29) is 23.5 Å². The Morgan fingerprint density at radius 3 is 2.10 bits per heavy atom. The Balaban J connectivity index is 1.62. The molecular weight excluding hydrogens is 374 g/mol. The average molecular weight is 400 g/mol. The van der Waals surface area contributed by atoms with Crippen molar-refractivity contribution in [3.8, 4) is 0 Å². The minimum Gasteiger partial charge on any atom is -0.356 e. The van der Waals surface area contributed by atoms with Crippen molar-refractivity contribution in [3.63, 3.8) is 0 Å². The average Bonchev–Trinajstić information content (AvgIpc) is 2.75. The normalized spacial score (nSPS) is 14.4. The summed E-state index contributed by atoms with van der Waals surface area (Å²) < 4.78 is 26.5. The van der Waals surface area contributed by atoms with E-state index in [1.807, 2.05) is 0 Å². The van der Waals surface area contributed by atoms with Crippen LogP contribution in [0.15, 0.2) is 48.5 Å². The van der Waals surface area contributed by atoms with E-state index in [1.165, 1.54) is 59.9 Å². The molecule has 1 N–H and O–H groups in total. The van der Waals surface area contributed by atoms with Crippen LogP contribution < -0.4 is 10.2 Å². The second kappa shape index (κ2) is 10.1. The van der Waals surface area contributed by atoms with Gasteiger partial charge >= 0.3 is 0 Å². The Morgan fingerprint density at radius 1 is 0.897 bits per heavy atom. The topological polar surface area (TPSA) is 49.4 Å². The first-order valence-corrected chi connectivity index (χ1v) is 10.2. The third-order valence-corrected chi connectivity index (χ3v) is 5.31. The molecule has 1 saturated carbocycles. The molecule has 0 radical (unpaired) electrons. The number of nitrogens with one attached hydrogen (secondary N) is 1. The zero-order valence-corrected chi connectivity index (χ0v) is 16.4. The molecule has 0 bridgehead atoms. The highest BCUT2D eigenvalue weighted by Gasteiger charge is 2.21. The molecule has 1 aliphatic rings. The molecule has 0 aliphatic heterocycles. The Morgan fingerprint density at radius 2 is 1.48 bits per heavy atom. The second-order valence-corrected chi connectivity index (χ2v) is 7.42. The largest absolute Gasteiger partial charge is 0.356 e. The minimum atomic E-state index is -0.416. The minimum absolute atomic E-state index is 0.0860. The van der Waals surface area contributed by atoms with E-state index in [2.05, 4.69) is 5.32 Å². The van der Waals surface area contributed by atoms with Crippen molar-refractivity contribution in [3.05, 3.63) is 65.7 Å². The molecule has 6 heteroatoms. The van der Waals surface area contributed by atoms with Gasteiger partial charge in [0, 0.05) is 30.3 Å². The first-order chi connectivity index (χ1) is 14.0. The van der Waals surface area contributed by atoms with Crippen LogP contribution in [0.1, 0.15) is 48.9 Å². The number of amides is 2. The number of carbonyl (C=O) groups is 2. The van der Waals surface area contributed by atoms with E-state index in [4.69, 9.17) is 0 Å². The molecule has 0 aromatic heterocycles. The monoisotopic (exact) mass is 400 g/mol. The van der Waals surface area contributed by atoms with E-state index < -0.39 is 5.82 Å². The van der Waals surface area contributed by atoms with Crippen molar-refractivity contribution >= 4 is 17.5 Å². The number of halogens is 2. The van der Waals surface area contributed by atoms with Gasteiger partial charge in [0.05, 0.1) is 0 Å². The van der Waals surface area contributed by atoms with Crippen LogP contribution in [0.3, 0.4) is 0 Å². The molecule has 0 atom stereocenters. The first-order valence-electron chi connectivity index (χ1n) is 10.2. The lowest BCUT2D eigenvalue weighted by molar-refractivity contribution is -0.125. The third-order valence-electron chi connectivity index (χ3n) is 5.31. The van der Waals surface area contributed by atoms with Crippen molar-refractivity contribution in [2.24, 2.45) is 5.92 Å². The van der Waals surface area contributed by atoms with Crippen LogP contribution in [0.2, 0.25) is 0 Å². The summed E-state index contributed by atoms with van der Waals surface area (Å²) >= 11 is 0. The fraction of sp³-hybridized carbons (Fsp3) is 0.391. The Labute approximate surface area is 169 Å². The van der Waals surface area contributed by atoms with Crippen molar-refractivity contribution in [2.75, 3.05) is 18.0 Å². The van der Waals surface area contributed by atoms with Crippen LogP contribution in [0, 0.1) is 17.6 Å². The summed E-state index contributed by atoms with van der Waals surface area (Å²) in [6.45, 7) is 0.816. The van der Waals surface area contributed by atoms with Gasteiger partial charge in [0.1, 0.15) is 11.6 Å². The van der Waals surface area contributed by atoms with Crippen LogP contribution in [0.5, 0.6) is 0 Å². The van der Waals surface area contributed by atoms with Gasteiger partial charge in [0.25, 0.3) is 5.91 Å². The van der Waals surface area contributed by atoms with Gasteiger partial charge in [-0.3, -0.25) is 9.59 Å². The lowest BCUT2D eigenvalue weighted by Crippen LogP contribution is -2.36. The van der Waals surface area contributed by atoms with Crippen molar-refractivity contribution < 1.29 is 18.4 Å². The van der Waals surface area contributed by atoms with E-state index >= 15 is 0 Å². The highest BCUT2D eigenvalue weighted by atomic mass is 19.1. The SMILES string of the molecule is O=C(NCCCN(C(=O)c1ccc(F)cc1)c1ccc(F)cc1)C1CCCCC1. The molecular formula is C23H26F2N2O2. The Bertz CT molecular complexity index is 816. The van der Waals surface area contributed by atoms with E-state index in [1.54, 1.807) is 0 Å². The molecule has 0 spiro atoms. The van der Waals surface area contributed by atoms with Gasteiger partial charge in [-0.25, -0.2) is 8.78 Å². The number of hydrogen-bond donors (Lipinski definition) is 1. The maximum Gasteiger partial charge on any atom is 0.258 e. The fourth-order valence-electron chi connectivity index (χ4n) is 3.68. The maximum absolute atomic E-state index is 13.3. The molecule has 2 aromatic carbocycles. The van der Waals surface area contributed by atoms with Gasteiger partial charge in [0.15, 0.2) is 0 Å². The maximum atomic E-state index is 13.3. The zero-order valence-electron chi connectivity index (χ0n) is 16.4. The molecule has 0 unspecified atom stereocenters. The van der Waals surface area contributed by atoms with Crippen molar-refractivity contribution in [2.45, 2.75) is 38.5 Å². The number of rotatable bonds is 7. The van der Waals surface area contributed by atoms with Gasteiger partial charge in [-0.2, -0.15) is 0 Å². The lowest BCUT2D eigenvalue weighted by atomic mass is 9.89. The lowest BCUT2D eigenvalue weighted by Gasteiger charge is -2.24. The highest BCUT2D eigenvalue weighted by molar-refractivity contribution is 6.06. The first kappa shape index (κ1) is 21.0. The standard InChI is InChI=1S/C23H26F2N2O2/c24-19-9-7-18(8-10-19)23(29)27(21-13-11-20(25)12-14-21)16-4-15-26-22(28)17-5-2-1-3-6-17/h7-14,17H,1-6,15-16H2,(H,26,28). The molecule has 0 saturated heterocycles. The predicted octanol–water partition coefficient (Wildman–Crippen LogP) is 4.70. The smallest absolute Gasteiger partial charge is 0.258 e. The molecule has 29 heavy (non-hydrogen) atoms. The predicted molar refractivity (Wildman–Crippen MR) is 109 cm³/mol. The summed E-state index contributed by atoms with van der Waals surface area (Å²) in [5.74, 6) is -0.918. The number of carbonyl (C=O) groups excluding carboxylic acids is 2. The molecule has 154 valence electrons. The van der Waals surface area contributed by atoms with Crippen molar-refractivity contribution in [1.82, 2.24) is 5.32 Å². The van der Waals surface area contributed by atoms with Gasteiger partial charge < -0.3 is 10.2 Å². The van der Waals surface area contributed by atoms with Crippen LogP contribution in [0.4, 0.5) is 14.5 Å². The van der Waals surface area contributed by atoms with Gasteiger partial charge in [0.2, 0.25) is 5.91 Å². The summed E-state index contributed by atoms with van der Waals surface area (Å²) in [5.41, 5.74) is 0.904. The molecule has 0 heterocycles. The van der Waals surface area contributed by atoms with Crippen molar-refractivity contribution in [1.29, 1.82) is 0 Å². The second-order valence-electron chi connectivity index (χ2n) is 7.42. The third kappa shape index (κ3) is 5.86. The van der Waals surface area contributed by atoms with Gasteiger partial charge in [-0.1, -0.05) is 19.3 Å². The summed E-state index contributed by atoms with van der Waals surface area (Å²) in [5, 5.41) is 2.97. The summed E-state index contributed by atoms with van der Waals surface area (Å²) in [6.07, 6.45) is 5.84. The summed E-state index contributed by atoms with van der Waals surface area (Å²) in [6, 6.07) is 11.0. The summed E-state index contributed by atoms with van der Waals surface area (Å²) in [4.78, 5) is 26.7. The van der Waals surface area contributed by atoms with Crippen LogP contribution in [-0.4, -0.2) is 24.9 Å². The molecule has 2 aromatic rings. The Hall–Kier alpha value is -2.76. The van der Waals surface area contributed by atoms with Gasteiger partial charge in [-0.15, -0.1) is 0 Å². The van der Waals surface area contributed by atoms with Crippen LogP contribution in [-0.2, 0) is 4.79 Å². The molecule has 1 fully saturated rings. The highest BCUT2D eigenvalue weighted by Crippen LogP contribution is 2.23. The zero-order chi connectivity index (χ0) is 20.6. The number of benzene rings is 2. The van der Waals surface area contributed by atoms with E-state index in [9.17, 15) is 18.4 Å². The number of hydrogen-bond acceptors (Lipinski definition) is 2. The Kier molecular flexibility index (Phi) is 7.33. The quantitative estimate of drug-likeness (QED) is 0.685. The number of nitrogens with zero attached hydrogens (tertiary/aromatic N) is 1. The van der Waals surface area contributed by atoms with Crippen LogP contribution in [0.25, 0.3) is 0 Å².